The largest absolute Gasteiger partial charge is 0.378 e. The molecule has 0 aromatic carbocycles. The first-order chi connectivity index (χ1) is 11.4. The van der Waals surface area contributed by atoms with Crippen LogP contribution in [0, 0.1) is 10.1 Å². The van der Waals surface area contributed by atoms with Crippen LogP contribution in [0.5, 0.6) is 0 Å². The minimum Gasteiger partial charge on any atom is -0.378 e. The molecule has 0 aliphatic carbocycles. The maximum absolute atomic E-state index is 12.8. The predicted molar refractivity (Wildman–Crippen MR) is 94.7 cm³/mol. The van der Waals surface area contributed by atoms with Crippen molar-refractivity contribution in [2.24, 2.45) is 5.73 Å². The molecule has 1 amide bonds. The summed E-state index contributed by atoms with van der Waals surface area (Å²) in [5.41, 5.74) is 4.35. The highest BCUT2D eigenvalue weighted by Crippen LogP contribution is 2.24. The zero-order valence-electron chi connectivity index (χ0n) is 14.6. The molecule has 1 aliphatic rings. The van der Waals surface area contributed by atoms with E-state index in [1.165, 1.54) is 10.9 Å². The predicted octanol–water partition coefficient (Wildman–Crippen LogP) is 1.30. The normalized spacial score (nSPS) is 15.7. The van der Waals surface area contributed by atoms with Crippen LogP contribution in [-0.4, -0.2) is 57.9 Å². The van der Waals surface area contributed by atoms with Crippen molar-refractivity contribution >= 4 is 24.0 Å². The minimum atomic E-state index is -0.971. The van der Waals surface area contributed by atoms with Crippen molar-refractivity contribution in [3.8, 4) is 0 Å². The number of amides is 1. The number of aromatic nitrogens is 2. The Balaban J connectivity index is 0.00000312. The number of hydrogen-bond donors (Lipinski definition) is 1. The average molecular weight is 376 g/mol. The van der Waals surface area contributed by atoms with Gasteiger partial charge in [-0.15, -0.1) is 12.4 Å². The van der Waals surface area contributed by atoms with Crippen LogP contribution in [0.25, 0.3) is 0 Å². The van der Waals surface area contributed by atoms with Crippen LogP contribution >= 0.6 is 12.4 Å². The van der Waals surface area contributed by atoms with E-state index < -0.39 is 10.5 Å². The van der Waals surface area contributed by atoms with Crippen LogP contribution in [0.15, 0.2) is 12.4 Å². The number of nitro groups is 1. The summed E-state index contributed by atoms with van der Waals surface area (Å²) in [5, 5.41) is 14.8. The number of hydrogen-bond acceptors (Lipinski definition) is 6. The monoisotopic (exact) mass is 375 g/mol. The van der Waals surface area contributed by atoms with Crippen molar-refractivity contribution in [2.45, 2.75) is 44.8 Å². The molecule has 1 aromatic rings. The maximum Gasteiger partial charge on any atom is 0.307 e. The van der Waals surface area contributed by atoms with Crippen LogP contribution in [0.1, 0.15) is 33.1 Å². The smallest absolute Gasteiger partial charge is 0.307 e. The van der Waals surface area contributed by atoms with Gasteiger partial charge >= 0.3 is 5.69 Å². The fourth-order valence-electron chi connectivity index (χ4n) is 2.76. The topological polar surface area (TPSA) is 117 Å². The standard InChI is InChI=1S/C15H25N5O4.ClH/c1-15(2,19-11-12(10-17-19)20(22)23)14(21)18-7-4-13(5-8-18)24-9-3-6-16;/h10-11,13H,3-9,16H2,1-2H3;1H. The molecule has 2 N–H and O–H groups in total. The molecule has 0 unspecified atom stereocenters. The first-order valence-corrected chi connectivity index (χ1v) is 8.17. The molecule has 0 saturated carbocycles. The lowest BCUT2D eigenvalue weighted by Crippen LogP contribution is -2.50. The number of carbonyl (C=O) groups is 1. The Labute approximate surface area is 153 Å². The molecule has 0 spiro atoms. The molecule has 1 saturated heterocycles. The second kappa shape index (κ2) is 9.12. The maximum atomic E-state index is 12.8. The summed E-state index contributed by atoms with van der Waals surface area (Å²) >= 11 is 0. The van der Waals surface area contributed by atoms with Gasteiger partial charge < -0.3 is 15.4 Å². The molecule has 10 heteroatoms. The summed E-state index contributed by atoms with van der Waals surface area (Å²) in [6.07, 6.45) is 5.02. The number of nitrogens with zero attached hydrogens (tertiary/aromatic N) is 4. The first-order valence-electron chi connectivity index (χ1n) is 8.17. The first kappa shape index (κ1) is 21.3. The fraction of sp³-hybridized carbons (Fsp3) is 0.733. The van der Waals surface area contributed by atoms with Gasteiger partial charge in [0.25, 0.3) is 0 Å². The zero-order valence-corrected chi connectivity index (χ0v) is 15.4. The minimum absolute atomic E-state index is 0. The lowest BCUT2D eigenvalue weighted by atomic mass is 10.0. The Kier molecular flexibility index (Phi) is 7.78. The van der Waals surface area contributed by atoms with Crippen molar-refractivity contribution in [3.63, 3.8) is 0 Å². The van der Waals surface area contributed by atoms with E-state index in [1.807, 2.05) is 0 Å². The second-order valence-electron chi connectivity index (χ2n) is 6.46. The van der Waals surface area contributed by atoms with Gasteiger partial charge in [-0.1, -0.05) is 0 Å². The van der Waals surface area contributed by atoms with Gasteiger partial charge in [-0.25, -0.2) is 0 Å². The third kappa shape index (κ3) is 5.13. The van der Waals surface area contributed by atoms with Crippen molar-refractivity contribution < 1.29 is 14.5 Å². The zero-order chi connectivity index (χ0) is 17.7. The SMILES string of the molecule is CC(C)(C(=O)N1CCC(OCCCN)CC1)n1cc([N+](=O)[O-])cn1.Cl. The third-order valence-electron chi connectivity index (χ3n) is 4.31. The molecule has 0 bridgehead atoms. The van der Waals surface area contributed by atoms with E-state index in [0.29, 0.717) is 26.2 Å². The molecule has 1 aromatic heterocycles. The summed E-state index contributed by atoms with van der Waals surface area (Å²) in [4.78, 5) is 24.9. The lowest BCUT2D eigenvalue weighted by Gasteiger charge is -2.36. The summed E-state index contributed by atoms with van der Waals surface area (Å²) in [6, 6.07) is 0. The quantitative estimate of drug-likeness (QED) is 0.436. The van der Waals surface area contributed by atoms with E-state index in [2.05, 4.69) is 5.10 Å². The lowest BCUT2D eigenvalue weighted by molar-refractivity contribution is -0.385. The highest BCUT2D eigenvalue weighted by molar-refractivity contribution is 5.85. The van der Waals surface area contributed by atoms with Gasteiger partial charge in [-0.2, -0.15) is 5.10 Å². The summed E-state index contributed by atoms with van der Waals surface area (Å²) < 4.78 is 7.10. The fourth-order valence-corrected chi connectivity index (χ4v) is 2.76. The molecule has 25 heavy (non-hydrogen) atoms. The third-order valence-corrected chi connectivity index (χ3v) is 4.31. The molecular formula is C15H26ClN5O4. The number of halogens is 1. The van der Waals surface area contributed by atoms with Crippen LogP contribution in [-0.2, 0) is 15.1 Å². The van der Waals surface area contributed by atoms with Gasteiger partial charge in [-0.3, -0.25) is 19.6 Å². The van der Waals surface area contributed by atoms with Crippen LogP contribution in [0.4, 0.5) is 5.69 Å². The molecule has 1 aliphatic heterocycles. The van der Waals surface area contributed by atoms with Crippen molar-refractivity contribution in [1.82, 2.24) is 14.7 Å². The molecule has 1 fully saturated rings. The van der Waals surface area contributed by atoms with Gasteiger partial charge in [-0.05, 0) is 39.7 Å². The number of nitrogens with two attached hydrogens (primary N) is 1. The van der Waals surface area contributed by atoms with E-state index in [9.17, 15) is 14.9 Å². The summed E-state index contributed by atoms with van der Waals surface area (Å²) in [6.45, 7) is 5.92. The van der Waals surface area contributed by atoms with E-state index in [0.717, 1.165) is 25.5 Å². The van der Waals surface area contributed by atoms with Gasteiger partial charge in [0.2, 0.25) is 5.91 Å². The number of piperidine rings is 1. The average Bonchev–Trinajstić information content (AvgIpc) is 3.06. The number of ether oxygens (including phenoxy) is 1. The van der Waals surface area contributed by atoms with Crippen molar-refractivity contribution in [2.75, 3.05) is 26.2 Å². The Hall–Kier alpha value is -1.71. The summed E-state index contributed by atoms with van der Waals surface area (Å²) in [5.74, 6) is -0.0964. The molecule has 0 atom stereocenters. The molecule has 2 rings (SSSR count). The van der Waals surface area contributed by atoms with Gasteiger partial charge in [0.15, 0.2) is 0 Å². The Morgan fingerprint density at radius 1 is 1.48 bits per heavy atom. The summed E-state index contributed by atoms with van der Waals surface area (Å²) in [7, 11) is 0. The van der Waals surface area contributed by atoms with E-state index >= 15 is 0 Å². The van der Waals surface area contributed by atoms with Crippen molar-refractivity contribution in [3.05, 3.63) is 22.5 Å². The molecule has 2 heterocycles. The van der Waals surface area contributed by atoms with Crippen LogP contribution < -0.4 is 5.73 Å². The van der Waals surface area contributed by atoms with E-state index in [-0.39, 0.29) is 30.1 Å². The van der Waals surface area contributed by atoms with Gasteiger partial charge in [0, 0.05) is 19.7 Å². The second-order valence-corrected chi connectivity index (χ2v) is 6.46. The Morgan fingerprint density at radius 2 is 2.12 bits per heavy atom. The Morgan fingerprint density at radius 3 is 2.64 bits per heavy atom. The Bertz CT molecular complexity index is 584. The van der Waals surface area contributed by atoms with E-state index in [4.69, 9.17) is 10.5 Å². The number of carbonyl (C=O) groups excluding carboxylic acids is 1. The van der Waals surface area contributed by atoms with Crippen LogP contribution in [0.2, 0.25) is 0 Å². The molecular weight excluding hydrogens is 350 g/mol. The highest BCUT2D eigenvalue weighted by Gasteiger charge is 2.37. The molecule has 0 radical (unpaired) electrons. The highest BCUT2D eigenvalue weighted by atomic mass is 35.5. The van der Waals surface area contributed by atoms with Crippen LogP contribution in [0.3, 0.4) is 0 Å². The van der Waals surface area contributed by atoms with Crippen molar-refractivity contribution in [1.29, 1.82) is 0 Å². The number of rotatable bonds is 7. The molecule has 9 nitrogen and oxygen atoms in total. The number of likely N-dealkylation sites (tertiary alicyclic amines) is 1. The van der Waals surface area contributed by atoms with E-state index in [1.54, 1.807) is 18.7 Å². The van der Waals surface area contributed by atoms with Gasteiger partial charge in [0.05, 0.1) is 11.0 Å². The molecule has 142 valence electrons. The van der Waals surface area contributed by atoms with Gasteiger partial charge in [0.1, 0.15) is 17.9 Å².